The number of fused-ring (bicyclic) bond motifs is 1. The van der Waals surface area contributed by atoms with Gasteiger partial charge in [0, 0.05) is 26.0 Å². The van der Waals surface area contributed by atoms with E-state index in [1.165, 1.54) is 6.20 Å². The van der Waals surface area contributed by atoms with Crippen molar-refractivity contribution in [3.63, 3.8) is 0 Å². The number of aromatic nitrogens is 3. The van der Waals surface area contributed by atoms with Crippen LogP contribution in [0.4, 0.5) is 0 Å². The second-order valence-corrected chi connectivity index (χ2v) is 4.40. The molecule has 1 saturated heterocycles. The molecule has 6 heteroatoms. The Kier molecular flexibility index (Phi) is 2.81. The first-order valence-corrected chi connectivity index (χ1v) is 5.88. The second-order valence-electron chi connectivity index (χ2n) is 4.40. The molecule has 3 rings (SSSR count). The van der Waals surface area contributed by atoms with Crippen molar-refractivity contribution >= 4 is 10.9 Å². The smallest absolute Gasteiger partial charge is 0.260 e. The van der Waals surface area contributed by atoms with Gasteiger partial charge >= 0.3 is 0 Å². The van der Waals surface area contributed by atoms with Crippen molar-refractivity contribution in [2.75, 3.05) is 13.7 Å². The quantitative estimate of drug-likeness (QED) is 0.800. The summed E-state index contributed by atoms with van der Waals surface area (Å²) in [6.45, 7) is 0.777. The third-order valence-corrected chi connectivity index (χ3v) is 3.28. The Morgan fingerprint density at radius 2 is 2.39 bits per heavy atom. The zero-order valence-electron chi connectivity index (χ0n) is 10.0. The maximum Gasteiger partial charge on any atom is 0.260 e. The molecular formula is C12H14N4O2. The Bertz CT molecular complexity index is 625. The van der Waals surface area contributed by atoms with E-state index < -0.39 is 0 Å². The molecule has 94 valence electrons. The Hall–Kier alpha value is -1.79. The SMILES string of the molecule is COC1CNC(c2nc3ccncc3c(=O)[nH]2)C1. The maximum absolute atomic E-state index is 11.9. The standard InChI is InChI=1S/C12H14N4O2/c1-18-7-4-10(14-5-7)11-15-9-2-3-13-6-8(9)12(17)16-11/h2-3,6-7,10,14H,4-5H2,1H3,(H,15,16,17). The number of methoxy groups -OCH3 is 1. The molecule has 1 aliphatic rings. The van der Waals surface area contributed by atoms with E-state index in [9.17, 15) is 4.79 Å². The largest absolute Gasteiger partial charge is 0.380 e. The average molecular weight is 246 g/mol. The Morgan fingerprint density at radius 1 is 1.50 bits per heavy atom. The summed E-state index contributed by atoms with van der Waals surface area (Å²) in [5, 5.41) is 3.81. The van der Waals surface area contributed by atoms with E-state index in [2.05, 4.69) is 20.3 Å². The first-order chi connectivity index (χ1) is 8.78. The van der Waals surface area contributed by atoms with Gasteiger partial charge in [0.05, 0.1) is 23.0 Å². The molecule has 2 unspecified atom stereocenters. The van der Waals surface area contributed by atoms with Crippen LogP contribution in [0.3, 0.4) is 0 Å². The predicted octanol–water partition coefficient (Wildman–Crippen LogP) is 0.368. The Labute approximate surface area is 103 Å². The molecule has 2 aromatic heterocycles. The van der Waals surface area contributed by atoms with E-state index in [-0.39, 0.29) is 17.7 Å². The lowest BCUT2D eigenvalue weighted by Gasteiger charge is -2.10. The van der Waals surface area contributed by atoms with Crippen molar-refractivity contribution in [3.05, 3.63) is 34.6 Å². The van der Waals surface area contributed by atoms with Crippen LogP contribution < -0.4 is 10.9 Å². The molecule has 0 bridgehead atoms. The molecule has 2 aromatic rings. The molecule has 2 N–H and O–H groups in total. The van der Waals surface area contributed by atoms with Gasteiger partial charge in [-0.25, -0.2) is 4.98 Å². The summed E-state index contributed by atoms with van der Waals surface area (Å²) in [6.07, 6.45) is 4.16. The minimum absolute atomic E-state index is 0.0419. The lowest BCUT2D eigenvalue weighted by Crippen LogP contribution is -2.21. The minimum Gasteiger partial charge on any atom is -0.380 e. The fraction of sp³-hybridized carbons (Fsp3) is 0.417. The first-order valence-electron chi connectivity index (χ1n) is 5.88. The van der Waals surface area contributed by atoms with E-state index in [1.54, 1.807) is 19.4 Å². The topological polar surface area (TPSA) is 79.9 Å². The molecule has 0 aromatic carbocycles. The third-order valence-electron chi connectivity index (χ3n) is 3.28. The number of hydrogen-bond acceptors (Lipinski definition) is 5. The fourth-order valence-corrected chi connectivity index (χ4v) is 2.26. The van der Waals surface area contributed by atoms with Gasteiger partial charge in [-0.1, -0.05) is 0 Å². The van der Waals surface area contributed by atoms with Crippen LogP contribution in [0.5, 0.6) is 0 Å². The van der Waals surface area contributed by atoms with Crippen LogP contribution in [0.15, 0.2) is 23.3 Å². The average Bonchev–Trinajstić information content (AvgIpc) is 2.87. The molecule has 0 amide bonds. The molecule has 0 aliphatic carbocycles. The van der Waals surface area contributed by atoms with Crippen molar-refractivity contribution in [1.29, 1.82) is 0 Å². The molecular weight excluding hydrogens is 232 g/mol. The molecule has 2 atom stereocenters. The summed E-state index contributed by atoms with van der Waals surface area (Å²) in [4.78, 5) is 23.1. The number of hydrogen-bond donors (Lipinski definition) is 2. The molecule has 1 aliphatic heterocycles. The van der Waals surface area contributed by atoms with Crippen LogP contribution in [0.2, 0.25) is 0 Å². The number of ether oxygens (including phenoxy) is 1. The number of H-pyrrole nitrogens is 1. The van der Waals surface area contributed by atoms with Crippen LogP contribution in [0, 0.1) is 0 Å². The van der Waals surface area contributed by atoms with Crippen LogP contribution in [-0.4, -0.2) is 34.7 Å². The first kappa shape index (κ1) is 11.3. The monoisotopic (exact) mass is 246 g/mol. The van der Waals surface area contributed by atoms with Gasteiger partial charge < -0.3 is 15.0 Å². The van der Waals surface area contributed by atoms with E-state index in [4.69, 9.17) is 4.74 Å². The number of rotatable bonds is 2. The van der Waals surface area contributed by atoms with Crippen molar-refractivity contribution in [2.45, 2.75) is 18.6 Å². The highest BCUT2D eigenvalue weighted by atomic mass is 16.5. The maximum atomic E-state index is 11.9. The normalized spacial score (nSPS) is 23.6. The van der Waals surface area contributed by atoms with Gasteiger partial charge in [0.1, 0.15) is 5.82 Å². The number of nitrogens with one attached hydrogen (secondary N) is 2. The zero-order chi connectivity index (χ0) is 12.5. The molecule has 6 nitrogen and oxygen atoms in total. The van der Waals surface area contributed by atoms with Crippen LogP contribution in [0.1, 0.15) is 18.3 Å². The lowest BCUT2D eigenvalue weighted by molar-refractivity contribution is 0.117. The third kappa shape index (κ3) is 1.89. The summed E-state index contributed by atoms with van der Waals surface area (Å²) in [5.74, 6) is 0.665. The van der Waals surface area contributed by atoms with Crippen molar-refractivity contribution in [2.24, 2.45) is 0 Å². The molecule has 1 fully saturated rings. The van der Waals surface area contributed by atoms with E-state index in [1.807, 2.05) is 0 Å². The van der Waals surface area contributed by atoms with Gasteiger partial charge in [-0.2, -0.15) is 0 Å². The summed E-state index contributed by atoms with van der Waals surface area (Å²) < 4.78 is 5.29. The predicted molar refractivity (Wildman–Crippen MR) is 66.3 cm³/mol. The van der Waals surface area contributed by atoms with Crippen LogP contribution in [0.25, 0.3) is 10.9 Å². The molecule has 0 radical (unpaired) electrons. The molecule has 18 heavy (non-hydrogen) atoms. The van der Waals surface area contributed by atoms with Gasteiger partial charge in [0.25, 0.3) is 5.56 Å². The van der Waals surface area contributed by atoms with Crippen LogP contribution in [-0.2, 0) is 4.74 Å². The highest BCUT2D eigenvalue weighted by molar-refractivity contribution is 5.75. The molecule has 0 spiro atoms. The summed E-state index contributed by atoms with van der Waals surface area (Å²) in [7, 11) is 1.69. The lowest BCUT2D eigenvalue weighted by atomic mass is 10.2. The van der Waals surface area contributed by atoms with Gasteiger partial charge in [0.15, 0.2) is 0 Å². The minimum atomic E-state index is -0.147. The number of nitrogens with zero attached hydrogens (tertiary/aromatic N) is 2. The van der Waals surface area contributed by atoms with Gasteiger partial charge in [-0.15, -0.1) is 0 Å². The van der Waals surface area contributed by atoms with Crippen molar-refractivity contribution in [1.82, 2.24) is 20.3 Å². The van der Waals surface area contributed by atoms with Crippen LogP contribution >= 0.6 is 0 Å². The highest BCUT2D eigenvalue weighted by Crippen LogP contribution is 2.22. The fourth-order valence-electron chi connectivity index (χ4n) is 2.26. The Morgan fingerprint density at radius 3 is 3.17 bits per heavy atom. The number of aromatic amines is 1. The molecule has 3 heterocycles. The highest BCUT2D eigenvalue weighted by Gasteiger charge is 2.27. The van der Waals surface area contributed by atoms with Gasteiger partial charge in [-0.3, -0.25) is 9.78 Å². The summed E-state index contributed by atoms with van der Waals surface area (Å²) in [5.41, 5.74) is 0.525. The van der Waals surface area contributed by atoms with Gasteiger partial charge in [0.2, 0.25) is 0 Å². The Balaban J connectivity index is 2.01. The van der Waals surface area contributed by atoms with Crippen molar-refractivity contribution in [3.8, 4) is 0 Å². The number of pyridine rings is 1. The zero-order valence-corrected chi connectivity index (χ0v) is 10.0. The van der Waals surface area contributed by atoms with E-state index >= 15 is 0 Å². The second kappa shape index (κ2) is 4.47. The van der Waals surface area contributed by atoms with Gasteiger partial charge in [-0.05, 0) is 12.5 Å². The summed E-state index contributed by atoms with van der Waals surface area (Å²) >= 11 is 0. The van der Waals surface area contributed by atoms with E-state index in [0.717, 1.165) is 13.0 Å². The van der Waals surface area contributed by atoms with E-state index in [0.29, 0.717) is 16.7 Å². The van der Waals surface area contributed by atoms with Crippen molar-refractivity contribution < 1.29 is 4.74 Å². The summed E-state index contributed by atoms with van der Waals surface area (Å²) in [6, 6.07) is 1.79. The molecule has 0 saturated carbocycles.